The number of rotatable bonds is 4. The van der Waals surface area contributed by atoms with Gasteiger partial charge in [0.05, 0.1) is 11.7 Å². The van der Waals surface area contributed by atoms with E-state index in [0.717, 1.165) is 23.3 Å². The first-order valence-electron chi connectivity index (χ1n) is 6.71. The molecule has 0 saturated carbocycles. The third-order valence-corrected chi connectivity index (χ3v) is 3.61. The minimum atomic E-state index is -4.31. The lowest BCUT2D eigenvalue weighted by atomic mass is 10.1. The van der Waals surface area contributed by atoms with Crippen molar-refractivity contribution in [1.82, 2.24) is 4.98 Å². The molecule has 1 atom stereocenters. The molecule has 1 aromatic carbocycles. The Bertz CT molecular complexity index is 641. The van der Waals surface area contributed by atoms with E-state index in [9.17, 15) is 13.2 Å². The molecule has 0 saturated heterocycles. The first-order valence-corrected chi connectivity index (χ1v) is 7.09. The summed E-state index contributed by atoms with van der Waals surface area (Å²) in [6.45, 7) is 3.65. The van der Waals surface area contributed by atoms with Gasteiger partial charge in [0.1, 0.15) is 10.9 Å². The second kappa shape index (κ2) is 6.57. The lowest BCUT2D eigenvalue weighted by molar-refractivity contribution is -0.137. The van der Waals surface area contributed by atoms with Crippen LogP contribution in [0.2, 0.25) is 5.15 Å². The molecule has 0 fully saturated rings. The van der Waals surface area contributed by atoms with Gasteiger partial charge in [0.25, 0.3) is 0 Å². The van der Waals surface area contributed by atoms with Crippen molar-refractivity contribution < 1.29 is 17.9 Å². The van der Waals surface area contributed by atoms with Crippen LogP contribution in [-0.4, -0.2) is 11.1 Å². The van der Waals surface area contributed by atoms with E-state index in [2.05, 4.69) is 4.98 Å². The molecule has 2 rings (SSSR count). The summed E-state index contributed by atoms with van der Waals surface area (Å²) in [4.78, 5) is 3.94. The maximum absolute atomic E-state index is 12.5. The van der Waals surface area contributed by atoms with E-state index >= 15 is 0 Å². The second-order valence-electron chi connectivity index (χ2n) is 5.05. The molecular weight excluding hydrogens is 315 g/mol. The number of benzene rings is 1. The summed E-state index contributed by atoms with van der Waals surface area (Å²) < 4.78 is 43.3. The van der Waals surface area contributed by atoms with E-state index in [1.165, 1.54) is 12.1 Å². The average molecular weight is 330 g/mol. The quantitative estimate of drug-likeness (QED) is 0.730. The van der Waals surface area contributed by atoms with Crippen LogP contribution in [0.1, 0.15) is 23.6 Å². The molecule has 1 aromatic heterocycles. The summed E-state index contributed by atoms with van der Waals surface area (Å²) in [7, 11) is 0. The highest BCUT2D eigenvalue weighted by Crippen LogP contribution is 2.29. The molecule has 2 aromatic rings. The van der Waals surface area contributed by atoms with Crippen LogP contribution in [0.5, 0.6) is 5.75 Å². The van der Waals surface area contributed by atoms with Crippen molar-refractivity contribution in [2.75, 3.05) is 0 Å². The van der Waals surface area contributed by atoms with Crippen LogP contribution >= 0.6 is 11.6 Å². The second-order valence-corrected chi connectivity index (χ2v) is 5.41. The predicted molar refractivity (Wildman–Crippen MR) is 79.2 cm³/mol. The Kier molecular flexibility index (Phi) is 4.96. The third-order valence-electron chi connectivity index (χ3n) is 3.23. The van der Waals surface area contributed by atoms with E-state index in [1.54, 1.807) is 19.2 Å². The van der Waals surface area contributed by atoms with Crippen molar-refractivity contribution in [1.29, 1.82) is 0 Å². The van der Waals surface area contributed by atoms with Crippen molar-refractivity contribution in [2.24, 2.45) is 0 Å². The lowest BCUT2D eigenvalue weighted by Crippen LogP contribution is -2.16. The molecule has 0 bridgehead atoms. The van der Waals surface area contributed by atoms with Gasteiger partial charge in [-0.15, -0.1) is 0 Å². The Morgan fingerprint density at radius 3 is 2.41 bits per heavy atom. The topological polar surface area (TPSA) is 22.1 Å². The highest BCUT2D eigenvalue weighted by Gasteiger charge is 2.29. The smallest absolute Gasteiger partial charge is 0.416 e. The van der Waals surface area contributed by atoms with Gasteiger partial charge < -0.3 is 4.74 Å². The third kappa shape index (κ3) is 4.13. The van der Waals surface area contributed by atoms with Crippen molar-refractivity contribution in [3.05, 3.63) is 58.4 Å². The molecule has 1 unspecified atom stereocenters. The SMILES string of the molecule is Cc1c(OC(C)Cc2ccc(C(F)(F)F)cc2)ccnc1Cl. The van der Waals surface area contributed by atoms with Crippen molar-refractivity contribution in [2.45, 2.75) is 32.5 Å². The molecule has 118 valence electrons. The van der Waals surface area contributed by atoms with Gasteiger partial charge in [0, 0.05) is 18.2 Å². The number of aromatic nitrogens is 1. The number of pyridine rings is 1. The fourth-order valence-corrected chi connectivity index (χ4v) is 2.19. The van der Waals surface area contributed by atoms with Gasteiger partial charge in [0.15, 0.2) is 0 Å². The normalized spacial score (nSPS) is 13.0. The summed E-state index contributed by atoms with van der Waals surface area (Å²) in [5, 5.41) is 0.374. The molecule has 0 aliphatic heterocycles. The number of hydrogen-bond acceptors (Lipinski definition) is 2. The Balaban J connectivity index is 2.03. The minimum Gasteiger partial charge on any atom is -0.490 e. The standard InChI is InChI=1S/C16H15ClF3NO/c1-10(22-14-7-8-21-15(17)11(14)2)9-12-3-5-13(6-4-12)16(18,19)20/h3-8,10H,9H2,1-2H3. The zero-order chi connectivity index (χ0) is 16.3. The molecule has 0 spiro atoms. The first-order chi connectivity index (χ1) is 10.3. The van der Waals surface area contributed by atoms with Gasteiger partial charge in [-0.2, -0.15) is 13.2 Å². The van der Waals surface area contributed by atoms with E-state index in [-0.39, 0.29) is 6.10 Å². The average Bonchev–Trinajstić information content (AvgIpc) is 2.43. The molecule has 1 heterocycles. The van der Waals surface area contributed by atoms with Crippen LogP contribution in [0.4, 0.5) is 13.2 Å². The lowest BCUT2D eigenvalue weighted by Gasteiger charge is -2.17. The highest BCUT2D eigenvalue weighted by atomic mass is 35.5. The Morgan fingerprint density at radius 1 is 1.18 bits per heavy atom. The summed E-state index contributed by atoms with van der Waals surface area (Å²) in [5.41, 5.74) is 0.864. The summed E-state index contributed by atoms with van der Waals surface area (Å²) in [5.74, 6) is 0.624. The van der Waals surface area contributed by atoms with E-state index < -0.39 is 11.7 Å². The van der Waals surface area contributed by atoms with Crippen molar-refractivity contribution in [3.8, 4) is 5.75 Å². The van der Waals surface area contributed by atoms with E-state index in [1.807, 2.05) is 6.92 Å². The van der Waals surface area contributed by atoms with E-state index in [0.29, 0.717) is 17.3 Å². The maximum atomic E-state index is 12.5. The molecule has 22 heavy (non-hydrogen) atoms. The number of hydrogen-bond donors (Lipinski definition) is 0. The fraction of sp³-hybridized carbons (Fsp3) is 0.312. The Labute approximate surface area is 131 Å². The van der Waals surface area contributed by atoms with Crippen LogP contribution in [0, 0.1) is 6.92 Å². The molecule has 0 N–H and O–H groups in total. The summed E-state index contributed by atoms with van der Waals surface area (Å²) >= 11 is 5.92. The van der Waals surface area contributed by atoms with Crippen molar-refractivity contribution in [3.63, 3.8) is 0 Å². The Hall–Kier alpha value is -1.75. The van der Waals surface area contributed by atoms with Crippen LogP contribution in [0.3, 0.4) is 0 Å². The molecular formula is C16H15ClF3NO. The molecule has 2 nitrogen and oxygen atoms in total. The van der Waals surface area contributed by atoms with Gasteiger partial charge in [-0.05, 0) is 37.6 Å². The first kappa shape index (κ1) is 16.6. The highest BCUT2D eigenvalue weighted by molar-refractivity contribution is 6.30. The monoisotopic (exact) mass is 329 g/mol. The van der Waals surface area contributed by atoms with Crippen molar-refractivity contribution >= 4 is 11.6 Å². The fourth-order valence-electron chi connectivity index (χ4n) is 2.04. The summed E-state index contributed by atoms with van der Waals surface area (Å²) in [6.07, 6.45) is -2.47. The van der Waals surface area contributed by atoms with Crippen LogP contribution in [-0.2, 0) is 12.6 Å². The van der Waals surface area contributed by atoms with Gasteiger partial charge in [-0.3, -0.25) is 0 Å². The van der Waals surface area contributed by atoms with Gasteiger partial charge in [0.2, 0.25) is 0 Å². The summed E-state index contributed by atoms with van der Waals surface area (Å²) in [6, 6.07) is 6.81. The molecule has 6 heteroatoms. The van der Waals surface area contributed by atoms with E-state index in [4.69, 9.17) is 16.3 Å². The molecule has 0 aliphatic rings. The minimum absolute atomic E-state index is 0.200. The van der Waals surface area contributed by atoms with Crippen LogP contribution < -0.4 is 4.74 Å². The van der Waals surface area contributed by atoms with Gasteiger partial charge in [-0.1, -0.05) is 23.7 Å². The maximum Gasteiger partial charge on any atom is 0.416 e. The van der Waals surface area contributed by atoms with Gasteiger partial charge in [-0.25, -0.2) is 4.98 Å². The predicted octanol–water partition coefficient (Wildman–Crippen LogP) is 5.07. The Morgan fingerprint density at radius 2 is 1.82 bits per heavy atom. The van der Waals surface area contributed by atoms with Gasteiger partial charge >= 0.3 is 6.18 Å². The number of ether oxygens (including phenoxy) is 1. The zero-order valence-electron chi connectivity index (χ0n) is 12.1. The zero-order valence-corrected chi connectivity index (χ0v) is 12.9. The molecule has 0 radical (unpaired) electrons. The largest absolute Gasteiger partial charge is 0.490 e. The number of halogens is 4. The molecule has 0 amide bonds. The number of alkyl halides is 3. The van der Waals surface area contributed by atoms with Crippen LogP contribution in [0.25, 0.3) is 0 Å². The van der Waals surface area contributed by atoms with Crippen LogP contribution in [0.15, 0.2) is 36.5 Å². The number of nitrogens with zero attached hydrogens (tertiary/aromatic N) is 1. The molecule has 0 aliphatic carbocycles.